The first kappa shape index (κ1) is 35.1. The monoisotopic (exact) mass is 672 g/mol. The van der Waals surface area contributed by atoms with Crippen LogP contribution in [0.4, 0.5) is 5.69 Å². The second-order valence-electron chi connectivity index (χ2n) is 12.2. The number of hydrogen-bond donors (Lipinski definition) is 3. The molecule has 0 saturated carbocycles. The number of carbonyl (C=O) groups is 1. The van der Waals surface area contributed by atoms with Crippen LogP contribution in [0, 0.1) is 6.92 Å². The molecule has 4 rings (SSSR count). The van der Waals surface area contributed by atoms with E-state index in [1.807, 2.05) is 19.9 Å². The third-order valence-corrected chi connectivity index (χ3v) is 8.86. The Morgan fingerprint density at radius 1 is 0.957 bits per heavy atom. The third-order valence-electron chi connectivity index (χ3n) is 7.23. The number of aromatic nitrogens is 4. The number of rotatable bonds is 17. The number of ether oxygens (including phenoxy) is 1. The number of fused-ring (bicyclic) bond motifs is 1. The van der Waals surface area contributed by atoms with Crippen LogP contribution in [-0.2, 0) is 32.7 Å². The van der Waals surface area contributed by atoms with Gasteiger partial charge in [0.25, 0.3) is 11.3 Å². The van der Waals surface area contributed by atoms with Crippen molar-refractivity contribution in [3.05, 3.63) is 71.2 Å². The van der Waals surface area contributed by atoms with Crippen LogP contribution < -0.4 is 17.8 Å². The van der Waals surface area contributed by atoms with E-state index < -0.39 is 34.5 Å². The van der Waals surface area contributed by atoms with Gasteiger partial charge in [-0.2, -0.15) is 13.1 Å². The lowest BCUT2D eigenvalue weighted by atomic mass is 9.93. The second-order valence-corrected chi connectivity index (χ2v) is 13.9. The number of H-pyrrole nitrogens is 1. The Labute approximate surface area is 275 Å². The smallest absolute Gasteiger partial charge is 0.338 e. The van der Waals surface area contributed by atoms with E-state index in [4.69, 9.17) is 13.1 Å². The predicted molar refractivity (Wildman–Crippen MR) is 180 cm³/mol. The highest BCUT2D eigenvalue weighted by atomic mass is 32.2. The number of esters is 1. The lowest BCUT2D eigenvalue weighted by molar-refractivity contribution is 0.0497. The summed E-state index contributed by atoms with van der Waals surface area (Å²) < 4.78 is 49.5. The van der Waals surface area contributed by atoms with E-state index >= 15 is 0 Å². The lowest BCUT2D eigenvalue weighted by Crippen LogP contribution is -2.27. The summed E-state index contributed by atoms with van der Waals surface area (Å²) in [5, 5.41) is 11.7. The molecule has 3 atom stereocenters. The Bertz CT molecular complexity index is 1650. The summed E-state index contributed by atoms with van der Waals surface area (Å²) in [5.41, 5.74) is 3.12. The zero-order valence-corrected chi connectivity index (χ0v) is 28.9. The van der Waals surface area contributed by atoms with E-state index in [0.29, 0.717) is 40.8 Å². The van der Waals surface area contributed by atoms with Gasteiger partial charge >= 0.3 is 17.2 Å². The molecule has 0 radical (unpaired) electrons. The number of aryl methyl sites for hydroxylation is 1. The number of aromatic amines is 1. The molecule has 0 amide bonds. The van der Waals surface area contributed by atoms with Crippen molar-refractivity contribution < 1.29 is 26.3 Å². The summed E-state index contributed by atoms with van der Waals surface area (Å²) in [6, 6.07) is 12.8. The van der Waals surface area contributed by atoms with Gasteiger partial charge in [0.05, 0.1) is 23.9 Å². The fourth-order valence-electron chi connectivity index (χ4n) is 4.50. The van der Waals surface area contributed by atoms with Crippen LogP contribution in [-0.4, -0.2) is 40.8 Å². The third kappa shape index (κ3) is 9.87. The van der Waals surface area contributed by atoms with Crippen molar-refractivity contribution in [1.82, 2.24) is 24.5 Å². The molecule has 2 aromatic heterocycles. The molecule has 0 aliphatic rings. The van der Waals surface area contributed by atoms with Crippen LogP contribution in [0.3, 0.4) is 0 Å². The van der Waals surface area contributed by atoms with Crippen LogP contribution in [0.25, 0.3) is 5.65 Å². The van der Waals surface area contributed by atoms with Gasteiger partial charge < -0.3 is 13.1 Å². The summed E-state index contributed by atoms with van der Waals surface area (Å²) in [4.78, 5) is 12.3. The number of hydrogen-bond acceptors (Lipinski definition) is 8. The molecule has 3 N–H and O–H groups in total. The summed E-state index contributed by atoms with van der Waals surface area (Å²) in [7, 11) is 0. The van der Waals surface area contributed by atoms with Gasteiger partial charge in [-0.3, -0.25) is 9.82 Å². The summed E-state index contributed by atoms with van der Waals surface area (Å²) >= 11 is -3.89. The molecule has 3 unspecified atom stereocenters. The Kier molecular flexibility index (Phi) is 12.4. The quantitative estimate of drug-likeness (QED) is 0.0844. The Balaban J connectivity index is 1.27. The molecule has 0 aliphatic carbocycles. The molecule has 0 aliphatic heterocycles. The molecule has 0 bridgehead atoms. The number of anilines is 1. The fourth-order valence-corrected chi connectivity index (χ4v) is 5.93. The zero-order chi connectivity index (χ0) is 33.3. The van der Waals surface area contributed by atoms with Crippen LogP contribution in [0.1, 0.15) is 107 Å². The van der Waals surface area contributed by atoms with Gasteiger partial charge in [-0.1, -0.05) is 65.9 Å². The highest BCUT2D eigenvalue weighted by Crippen LogP contribution is 2.26. The topological polar surface area (TPSA) is 149 Å². The zero-order valence-electron chi connectivity index (χ0n) is 27.3. The van der Waals surface area contributed by atoms with E-state index in [9.17, 15) is 13.2 Å². The average molecular weight is 673 g/mol. The first-order valence-corrected chi connectivity index (χ1v) is 17.6. The molecule has 2 aromatic carbocycles. The normalized spacial score (nSPS) is 13.7. The molecular weight excluding hydrogens is 629 g/mol. The van der Waals surface area contributed by atoms with Crippen molar-refractivity contribution in [2.75, 3.05) is 11.3 Å². The van der Waals surface area contributed by atoms with Gasteiger partial charge in [0.1, 0.15) is 11.5 Å². The molecule has 0 saturated heterocycles. The van der Waals surface area contributed by atoms with E-state index in [1.54, 1.807) is 47.0 Å². The summed E-state index contributed by atoms with van der Waals surface area (Å²) in [6.07, 6.45) is 6.68. The number of nitrogens with one attached hydrogen (secondary N) is 3. The molecule has 250 valence electrons. The first-order chi connectivity index (χ1) is 21.9. The molecular formula is C32H44N6O6S2. The summed E-state index contributed by atoms with van der Waals surface area (Å²) in [6.45, 7) is 12.5. The van der Waals surface area contributed by atoms with Gasteiger partial charge in [-0.05, 0) is 56.2 Å². The fraction of sp³-hybridized carbons (Fsp3) is 0.469. The van der Waals surface area contributed by atoms with Crippen molar-refractivity contribution >= 4 is 39.8 Å². The molecule has 4 aromatic rings. The minimum absolute atomic E-state index is 0.0984. The molecule has 46 heavy (non-hydrogen) atoms. The maximum absolute atomic E-state index is 12.9. The van der Waals surface area contributed by atoms with Gasteiger partial charge in [-0.15, -0.1) is 10.2 Å². The number of unbranched alkanes of at least 4 members (excludes halogenated alkanes) is 5. The minimum Gasteiger partial charge on any atom is -0.462 e. The number of benzene rings is 2. The van der Waals surface area contributed by atoms with Crippen molar-refractivity contribution in [3.63, 3.8) is 0 Å². The Hall–Kier alpha value is -3.75. The van der Waals surface area contributed by atoms with Crippen LogP contribution in [0.5, 0.6) is 11.5 Å². The standard InChI is InChI=1S/C32H44N6O6S2/c1-7-8-9-10-11-12-19-42-31(39)24-14-17-26(18-15-24)43-46(41)37-25-16-13-22(2)27(20-25)44-45(40)36-23(3)30-34-33-29-21-28(32(4,5)6)35-38(29)30/h13-18,20-21,23,35-37H,7-12,19H2,1-6H3. The van der Waals surface area contributed by atoms with Crippen LogP contribution in [0.15, 0.2) is 48.5 Å². The van der Waals surface area contributed by atoms with E-state index in [2.05, 4.69) is 52.4 Å². The number of nitrogens with zero attached hydrogens (tertiary/aromatic N) is 3. The SMILES string of the molecule is CCCCCCCCOC(=O)c1ccc(OS(=O)Nc2ccc(C)c(OS(=O)NC(C)c3nnc4cc(C(C)(C)C)[nH]n34)c2)cc1. The van der Waals surface area contributed by atoms with Gasteiger partial charge in [0.15, 0.2) is 11.5 Å². The van der Waals surface area contributed by atoms with Gasteiger partial charge in [-0.25, -0.2) is 9.31 Å². The van der Waals surface area contributed by atoms with E-state index in [1.165, 1.54) is 19.3 Å². The Morgan fingerprint density at radius 3 is 2.39 bits per heavy atom. The Morgan fingerprint density at radius 2 is 1.67 bits per heavy atom. The van der Waals surface area contributed by atoms with Crippen LogP contribution in [0.2, 0.25) is 0 Å². The highest BCUT2D eigenvalue weighted by molar-refractivity contribution is 7.82. The molecule has 2 heterocycles. The number of carbonyl (C=O) groups excluding carboxylic acids is 1. The first-order valence-electron chi connectivity index (χ1n) is 15.5. The predicted octanol–water partition coefficient (Wildman–Crippen LogP) is 6.56. The summed E-state index contributed by atoms with van der Waals surface area (Å²) in [5.74, 6) is 0.785. The molecule has 12 nitrogen and oxygen atoms in total. The molecule has 0 spiro atoms. The lowest BCUT2D eigenvalue weighted by Gasteiger charge is -2.16. The van der Waals surface area contributed by atoms with Crippen molar-refractivity contribution in [3.8, 4) is 11.5 Å². The van der Waals surface area contributed by atoms with Crippen molar-refractivity contribution in [2.45, 2.75) is 91.5 Å². The van der Waals surface area contributed by atoms with E-state index in [-0.39, 0.29) is 5.41 Å². The van der Waals surface area contributed by atoms with E-state index in [0.717, 1.165) is 30.5 Å². The second kappa shape index (κ2) is 16.2. The minimum atomic E-state index is -1.96. The average Bonchev–Trinajstić information content (AvgIpc) is 3.60. The van der Waals surface area contributed by atoms with Gasteiger partial charge in [0.2, 0.25) is 0 Å². The highest BCUT2D eigenvalue weighted by Gasteiger charge is 2.22. The molecule has 14 heteroatoms. The molecule has 0 fully saturated rings. The van der Waals surface area contributed by atoms with Crippen LogP contribution >= 0.6 is 0 Å². The maximum atomic E-state index is 12.9. The largest absolute Gasteiger partial charge is 0.462 e. The maximum Gasteiger partial charge on any atom is 0.338 e. The van der Waals surface area contributed by atoms with Crippen molar-refractivity contribution in [2.24, 2.45) is 0 Å². The van der Waals surface area contributed by atoms with Crippen molar-refractivity contribution in [1.29, 1.82) is 0 Å². The van der Waals surface area contributed by atoms with Gasteiger partial charge in [0, 0.05) is 23.2 Å².